The molecular weight excluding hydrogens is 312 g/mol. The van der Waals surface area contributed by atoms with Gasteiger partial charge in [0.25, 0.3) is 0 Å². The molecule has 2 aliphatic heterocycles. The minimum Gasteiger partial charge on any atom is -0.306 e. The standard InChI is InChI=1S/C17H24N2O3S/c1-4-13(3)18-9-17(20)19(14-7-5-6-12(2)8-14)16-11-23(21,22)10-15(16)18/h5-8,13,15-16H,4,9-11H2,1-3H3/t13-,15+,16-/m1/s1. The molecule has 5 nitrogen and oxygen atoms in total. The van der Waals surface area contributed by atoms with Gasteiger partial charge in [-0.05, 0) is 38.0 Å². The third-order valence-electron chi connectivity index (χ3n) is 5.07. The fourth-order valence-electron chi connectivity index (χ4n) is 3.74. The van der Waals surface area contributed by atoms with E-state index in [1.54, 1.807) is 4.90 Å². The highest BCUT2D eigenvalue weighted by Gasteiger charge is 2.50. The van der Waals surface area contributed by atoms with Crippen LogP contribution < -0.4 is 4.90 Å². The zero-order valence-electron chi connectivity index (χ0n) is 13.9. The van der Waals surface area contributed by atoms with Gasteiger partial charge in [-0.15, -0.1) is 0 Å². The van der Waals surface area contributed by atoms with Crippen LogP contribution in [0.4, 0.5) is 5.69 Å². The lowest BCUT2D eigenvalue weighted by molar-refractivity contribution is -0.124. The van der Waals surface area contributed by atoms with Gasteiger partial charge in [0.1, 0.15) is 0 Å². The maximum atomic E-state index is 12.8. The number of hydrogen-bond acceptors (Lipinski definition) is 4. The van der Waals surface area contributed by atoms with Crippen molar-refractivity contribution in [3.8, 4) is 0 Å². The Bertz CT molecular complexity index is 716. The minimum atomic E-state index is -3.11. The number of piperazine rings is 1. The third-order valence-corrected chi connectivity index (χ3v) is 6.77. The molecule has 0 radical (unpaired) electrons. The number of anilines is 1. The van der Waals surface area contributed by atoms with Gasteiger partial charge in [0.2, 0.25) is 5.91 Å². The van der Waals surface area contributed by atoms with Gasteiger partial charge in [-0.25, -0.2) is 8.42 Å². The molecule has 0 bridgehead atoms. The number of carbonyl (C=O) groups is 1. The largest absolute Gasteiger partial charge is 0.306 e. The molecule has 2 fully saturated rings. The van der Waals surface area contributed by atoms with Gasteiger partial charge < -0.3 is 4.90 Å². The molecule has 23 heavy (non-hydrogen) atoms. The Kier molecular flexibility index (Phi) is 4.23. The summed E-state index contributed by atoms with van der Waals surface area (Å²) in [6, 6.07) is 7.57. The quantitative estimate of drug-likeness (QED) is 0.841. The number of carbonyl (C=O) groups excluding carboxylic acids is 1. The molecule has 0 aromatic heterocycles. The normalized spacial score (nSPS) is 28.7. The number of nitrogens with zero attached hydrogens (tertiary/aromatic N) is 2. The topological polar surface area (TPSA) is 57.7 Å². The predicted molar refractivity (Wildman–Crippen MR) is 91.4 cm³/mol. The van der Waals surface area contributed by atoms with Crippen molar-refractivity contribution in [2.24, 2.45) is 0 Å². The Morgan fingerprint density at radius 2 is 1.96 bits per heavy atom. The molecule has 0 unspecified atom stereocenters. The minimum absolute atomic E-state index is 0.00532. The van der Waals surface area contributed by atoms with Crippen molar-refractivity contribution in [3.63, 3.8) is 0 Å². The van der Waals surface area contributed by atoms with Crippen LogP contribution in [0, 0.1) is 6.92 Å². The van der Waals surface area contributed by atoms with Crippen LogP contribution in [0.1, 0.15) is 25.8 Å². The second kappa shape index (κ2) is 5.91. The van der Waals surface area contributed by atoms with Gasteiger partial charge in [-0.2, -0.15) is 0 Å². The van der Waals surface area contributed by atoms with Crippen molar-refractivity contribution in [1.29, 1.82) is 0 Å². The van der Waals surface area contributed by atoms with Crippen molar-refractivity contribution >= 4 is 21.4 Å². The molecule has 3 atom stereocenters. The first-order chi connectivity index (χ1) is 10.8. The van der Waals surface area contributed by atoms with Crippen LogP contribution in [0.15, 0.2) is 24.3 Å². The monoisotopic (exact) mass is 336 g/mol. The zero-order valence-corrected chi connectivity index (χ0v) is 14.7. The highest BCUT2D eigenvalue weighted by molar-refractivity contribution is 7.91. The molecule has 3 rings (SSSR count). The summed E-state index contributed by atoms with van der Waals surface area (Å²) in [5.41, 5.74) is 1.88. The van der Waals surface area contributed by atoms with Crippen LogP contribution in [0.3, 0.4) is 0 Å². The molecule has 0 saturated carbocycles. The first-order valence-electron chi connectivity index (χ1n) is 8.17. The molecule has 2 aliphatic rings. The second-order valence-corrected chi connectivity index (χ2v) is 8.90. The van der Waals surface area contributed by atoms with Crippen LogP contribution in [0.25, 0.3) is 0 Å². The van der Waals surface area contributed by atoms with Gasteiger partial charge in [0.15, 0.2) is 9.84 Å². The average Bonchev–Trinajstić information content (AvgIpc) is 2.80. The van der Waals surface area contributed by atoms with E-state index in [9.17, 15) is 13.2 Å². The molecule has 0 aliphatic carbocycles. The number of fused-ring (bicyclic) bond motifs is 1. The summed E-state index contributed by atoms with van der Waals surface area (Å²) in [4.78, 5) is 16.6. The number of benzene rings is 1. The first-order valence-corrected chi connectivity index (χ1v) is 9.99. The first kappa shape index (κ1) is 16.5. The Morgan fingerprint density at radius 1 is 1.26 bits per heavy atom. The van der Waals surface area contributed by atoms with E-state index in [-0.39, 0.29) is 35.5 Å². The second-order valence-electron chi connectivity index (χ2n) is 6.74. The maximum absolute atomic E-state index is 12.8. The molecule has 0 spiro atoms. The lowest BCUT2D eigenvalue weighted by Crippen LogP contribution is -2.63. The molecule has 6 heteroatoms. The summed E-state index contributed by atoms with van der Waals surface area (Å²) in [6.07, 6.45) is 0.904. The third kappa shape index (κ3) is 3.02. The Labute approximate surface area is 138 Å². The molecule has 126 valence electrons. The SMILES string of the molecule is CC[C@@H](C)N1CC(=O)N(c2cccc(C)c2)[C@@H]2CS(=O)(=O)C[C@@H]21. The van der Waals surface area contributed by atoms with Gasteiger partial charge >= 0.3 is 0 Å². The number of rotatable bonds is 3. The summed E-state index contributed by atoms with van der Waals surface area (Å²) in [5, 5.41) is 0. The molecule has 1 aromatic carbocycles. The Hall–Kier alpha value is -1.40. The van der Waals surface area contributed by atoms with E-state index in [4.69, 9.17) is 0 Å². The number of aryl methyl sites for hydroxylation is 1. The molecule has 1 amide bonds. The van der Waals surface area contributed by atoms with E-state index in [2.05, 4.69) is 18.7 Å². The zero-order chi connectivity index (χ0) is 16.8. The summed E-state index contributed by atoms with van der Waals surface area (Å²) in [6.45, 7) is 6.41. The number of sulfone groups is 1. The van der Waals surface area contributed by atoms with E-state index in [0.29, 0.717) is 6.54 Å². The molecule has 2 heterocycles. The fraction of sp³-hybridized carbons (Fsp3) is 0.588. The van der Waals surface area contributed by atoms with E-state index in [0.717, 1.165) is 17.7 Å². The molecule has 1 aromatic rings. The van der Waals surface area contributed by atoms with Gasteiger partial charge in [0.05, 0.1) is 24.1 Å². The van der Waals surface area contributed by atoms with Crippen LogP contribution in [0.2, 0.25) is 0 Å². The van der Waals surface area contributed by atoms with Gasteiger partial charge in [0, 0.05) is 17.8 Å². The van der Waals surface area contributed by atoms with Crippen LogP contribution in [0.5, 0.6) is 0 Å². The average molecular weight is 336 g/mol. The van der Waals surface area contributed by atoms with Crippen LogP contribution in [-0.2, 0) is 14.6 Å². The smallest absolute Gasteiger partial charge is 0.241 e. The summed E-state index contributed by atoms with van der Waals surface area (Å²) >= 11 is 0. The predicted octanol–water partition coefficient (Wildman–Crippen LogP) is 1.61. The number of amides is 1. The van der Waals surface area contributed by atoms with E-state index in [1.165, 1.54) is 0 Å². The Morgan fingerprint density at radius 3 is 2.61 bits per heavy atom. The van der Waals surface area contributed by atoms with Gasteiger partial charge in [-0.3, -0.25) is 9.69 Å². The van der Waals surface area contributed by atoms with E-state index in [1.807, 2.05) is 31.2 Å². The number of hydrogen-bond donors (Lipinski definition) is 0. The van der Waals surface area contributed by atoms with Crippen molar-refractivity contribution < 1.29 is 13.2 Å². The van der Waals surface area contributed by atoms with Crippen LogP contribution >= 0.6 is 0 Å². The van der Waals surface area contributed by atoms with Crippen molar-refractivity contribution in [2.75, 3.05) is 23.0 Å². The van der Waals surface area contributed by atoms with Crippen molar-refractivity contribution in [1.82, 2.24) is 4.90 Å². The molecular formula is C17H24N2O3S. The van der Waals surface area contributed by atoms with Crippen molar-refractivity contribution in [3.05, 3.63) is 29.8 Å². The lowest BCUT2D eigenvalue weighted by Gasteiger charge is -2.45. The maximum Gasteiger partial charge on any atom is 0.241 e. The van der Waals surface area contributed by atoms with E-state index >= 15 is 0 Å². The molecule has 0 N–H and O–H groups in total. The van der Waals surface area contributed by atoms with E-state index < -0.39 is 9.84 Å². The summed E-state index contributed by atoms with van der Waals surface area (Å²) < 4.78 is 24.5. The summed E-state index contributed by atoms with van der Waals surface area (Å²) in [5.74, 6) is 0.205. The summed E-state index contributed by atoms with van der Waals surface area (Å²) in [7, 11) is -3.11. The van der Waals surface area contributed by atoms with Crippen LogP contribution in [-0.4, -0.2) is 55.4 Å². The lowest BCUT2D eigenvalue weighted by atomic mass is 10.00. The van der Waals surface area contributed by atoms with Crippen molar-refractivity contribution in [2.45, 2.75) is 45.3 Å². The fourth-order valence-corrected chi connectivity index (χ4v) is 5.70. The Balaban J connectivity index is 2.01. The highest BCUT2D eigenvalue weighted by Crippen LogP contribution is 2.33. The van der Waals surface area contributed by atoms with Gasteiger partial charge in [-0.1, -0.05) is 19.1 Å². The molecule has 2 saturated heterocycles. The highest BCUT2D eigenvalue weighted by atomic mass is 32.2.